The van der Waals surface area contributed by atoms with Crippen molar-refractivity contribution in [2.45, 2.75) is 53.4 Å². The minimum absolute atomic E-state index is 0. The lowest BCUT2D eigenvalue weighted by molar-refractivity contribution is -0.143. The molecule has 0 radical (unpaired) electrons. The molecule has 4 heteroatoms. The Morgan fingerprint density at radius 2 is 1.43 bits per heavy atom. The molecule has 23 heavy (non-hydrogen) atoms. The Balaban J connectivity index is 0. The highest BCUT2D eigenvalue weighted by Gasteiger charge is 2.02. The number of ether oxygens (including phenoxy) is 1. The average Bonchev–Trinajstić information content (AvgIpc) is 2.37. The molecule has 0 spiro atoms. The molecule has 0 aliphatic rings. The highest BCUT2D eigenvalue weighted by atomic mass is 35.5. The predicted octanol–water partition coefficient (Wildman–Crippen LogP) is 4.93. The molecular formula is C19H34ClNO2. The van der Waals surface area contributed by atoms with Gasteiger partial charge in [0.1, 0.15) is 6.61 Å². The minimum atomic E-state index is -0.177. The fourth-order valence-corrected chi connectivity index (χ4v) is 1.92. The maximum atomic E-state index is 11.4. The highest BCUT2D eigenvalue weighted by molar-refractivity contribution is 5.85. The van der Waals surface area contributed by atoms with Gasteiger partial charge >= 0.3 is 5.97 Å². The molecule has 0 aromatic carbocycles. The van der Waals surface area contributed by atoms with Crippen LogP contribution in [0, 0.1) is 0 Å². The number of hydrogen-bond acceptors (Lipinski definition) is 3. The van der Waals surface area contributed by atoms with Crippen molar-refractivity contribution in [3.05, 3.63) is 34.9 Å². The topological polar surface area (TPSA) is 29.5 Å². The normalized spacial score (nSPS) is 12.0. The zero-order chi connectivity index (χ0) is 17.0. The van der Waals surface area contributed by atoms with Gasteiger partial charge in [-0.1, -0.05) is 28.9 Å². The monoisotopic (exact) mass is 343 g/mol. The fourth-order valence-electron chi connectivity index (χ4n) is 1.92. The number of likely N-dealkylation sites (N-methyl/N-ethyl adjacent to an activating group) is 1. The van der Waals surface area contributed by atoms with Gasteiger partial charge in [-0.05, 0) is 73.5 Å². The van der Waals surface area contributed by atoms with E-state index in [9.17, 15) is 4.79 Å². The molecule has 0 amide bonds. The molecule has 0 saturated heterocycles. The summed E-state index contributed by atoms with van der Waals surface area (Å²) in [6, 6.07) is 0. The van der Waals surface area contributed by atoms with Gasteiger partial charge in [0.25, 0.3) is 0 Å². The molecule has 0 aromatic heterocycles. The molecule has 0 rings (SSSR count). The zero-order valence-corrected chi connectivity index (χ0v) is 16.5. The van der Waals surface area contributed by atoms with E-state index in [1.165, 1.54) is 16.7 Å². The van der Waals surface area contributed by atoms with Gasteiger partial charge in [0.05, 0.1) is 6.54 Å². The summed E-state index contributed by atoms with van der Waals surface area (Å²) < 4.78 is 5.15. The number of rotatable bonds is 10. The summed E-state index contributed by atoms with van der Waals surface area (Å²) in [5, 5.41) is 0. The van der Waals surface area contributed by atoms with Gasteiger partial charge in [-0.3, -0.25) is 9.69 Å². The fraction of sp³-hybridized carbons (Fsp3) is 0.632. The molecular weight excluding hydrogens is 310 g/mol. The van der Waals surface area contributed by atoms with Gasteiger partial charge in [-0.2, -0.15) is 0 Å². The molecule has 0 aliphatic carbocycles. The molecule has 0 atom stereocenters. The van der Waals surface area contributed by atoms with Crippen LogP contribution in [0.1, 0.15) is 53.4 Å². The van der Waals surface area contributed by atoms with Crippen molar-refractivity contribution >= 4 is 18.4 Å². The Hall–Kier alpha value is -1.06. The predicted molar refractivity (Wildman–Crippen MR) is 102 cm³/mol. The van der Waals surface area contributed by atoms with Crippen LogP contribution < -0.4 is 0 Å². The van der Waals surface area contributed by atoms with Crippen LogP contribution in [0.3, 0.4) is 0 Å². The second-order valence-corrected chi connectivity index (χ2v) is 6.38. The lowest BCUT2D eigenvalue weighted by Gasteiger charge is -2.08. The Labute approximate surface area is 148 Å². The van der Waals surface area contributed by atoms with Gasteiger partial charge in [0.2, 0.25) is 0 Å². The van der Waals surface area contributed by atoms with Gasteiger partial charge < -0.3 is 4.74 Å². The highest BCUT2D eigenvalue weighted by Crippen LogP contribution is 2.11. The summed E-state index contributed by atoms with van der Waals surface area (Å²) in [5.41, 5.74) is 4.10. The molecule has 0 aliphatic heterocycles. The van der Waals surface area contributed by atoms with Crippen molar-refractivity contribution in [3.63, 3.8) is 0 Å². The van der Waals surface area contributed by atoms with Crippen molar-refractivity contribution in [1.82, 2.24) is 4.90 Å². The number of halogens is 1. The lowest BCUT2D eigenvalue weighted by atomic mass is 10.1. The van der Waals surface area contributed by atoms with Gasteiger partial charge in [0.15, 0.2) is 0 Å². The third kappa shape index (κ3) is 17.1. The van der Waals surface area contributed by atoms with E-state index in [1.54, 1.807) is 0 Å². The van der Waals surface area contributed by atoms with E-state index in [2.05, 4.69) is 39.8 Å². The Kier molecular flexibility index (Phi) is 15.3. The van der Waals surface area contributed by atoms with Crippen molar-refractivity contribution < 1.29 is 9.53 Å². The van der Waals surface area contributed by atoms with E-state index in [1.807, 2.05) is 25.1 Å². The zero-order valence-electron chi connectivity index (χ0n) is 15.6. The van der Waals surface area contributed by atoms with Crippen LogP contribution in [0.5, 0.6) is 0 Å². The summed E-state index contributed by atoms with van der Waals surface area (Å²) in [7, 11) is 3.71. The number of carbonyl (C=O) groups excluding carboxylic acids is 1. The molecule has 3 nitrogen and oxygen atoms in total. The minimum Gasteiger partial charge on any atom is -0.460 e. The summed E-state index contributed by atoms with van der Waals surface area (Å²) >= 11 is 0. The molecule has 0 unspecified atom stereocenters. The second-order valence-electron chi connectivity index (χ2n) is 6.38. The standard InChI is InChI=1S/C19H33NO2.ClH/c1-16(2)9-7-10-17(3)11-8-12-18(4)13-14-22-19(21)15-20(5)6;/h9,11,13H,7-8,10,12,14-15H2,1-6H3;1H/b17-11-,18-13-;. The maximum Gasteiger partial charge on any atom is 0.320 e. The number of esters is 1. The lowest BCUT2D eigenvalue weighted by Crippen LogP contribution is -2.23. The van der Waals surface area contributed by atoms with Gasteiger partial charge in [0, 0.05) is 0 Å². The maximum absolute atomic E-state index is 11.4. The van der Waals surface area contributed by atoms with Crippen LogP contribution in [0.4, 0.5) is 0 Å². The Bertz CT molecular complexity index is 419. The van der Waals surface area contributed by atoms with Crippen LogP contribution in [0.15, 0.2) is 34.9 Å². The molecule has 0 fully saturated rings. The molecule has 0 N–H and O–H groups in total. The first-order valence-corrected chi connectivity index (χ1v) is 8.06. The van der Waals surface area contributed by atoms with Crippen molar-refractivity contribution in [2.24, 2.45) is 0 Å². The summed E-state index contributed by atoms with van der Waals surface area (Å²) in [6.45, 7) is 9.27. The Morgan fingerprint density at radius 3 is 1.96 bits per heavy atom. The first-order chi connectivity index (χ1) is 10.3. The first kappa shape index (κ1) is 24.2. The van der Waals surface area contributed by atoms with Crippen molar-refractivity contribution in [3.8, 4) is 0 Å². The van der Waals surface area contributed by atoms with E-state index in [4.69, 9.17) is 4.74 Å². The first-order valence-electron chi connectivity index (χ1n) is 8.06. The average molecular weight is 344 g/mol. The van der Waals surface area contributed by atoms with Crippen LogP contribution in [-0.2, 0) is 9.53 Å². The SMILES string of the molecule is CC(C)=CCC/C(C)=C\CC/C(C)=C\COC(=O)CN(C)C.Cl. The molecule has 0 saturated carbocycles. The third-order valence-electron chi connectivity index (χ3n) is 3.24. The van der Waals surface area contributed by atoms with E-state index in [0.29, 0.717) is 13.2 Å². The third-order valence-corrected chi connectivity index (χ3v) is 3.24. The van der Waals surface area contributed by atoms with Crippen LogP contribution in [0.25, 0.3) is 0 Å². The second kappa shape index (κ2) is 14.5. The van der Waals surface area contributed by atoms with Gasteiger partial charge in [-0.25, -0.2) is 0 Å². The van der Waals surface area contributed by atoms with Crippen LogP contribution in [-0.4, -0.2) is 38.1 Å². The number of allylic oxidation sites excluding steroid dienone is 5. The van der Waals surface area contributed by atoms with E-state index < -0.39 is 0 Å². The van der Waals surface area contributed by atoms with Crippen LogP contribution >= 0.6 is 12.4 Å². The molecule has 134 valence electrons. The molecule has 0 heterocycles. The van der Waals surface area contributed by atoms with E-state index in [0.717, 1.165) is 25.7 Å². The molecule has 0 aromatic rings. The number of carbonyl (C=O) groups is 1. The van der Waals surface area contributed by atoms with E-state index in [-0.39, 0.29) is 18.4 Å². The quantitative estimate of drug-likeness (QED) is 0.416. The molecule has 0 bridgehead atoms. The van der Waals surface area contributed by atoms with Crippen LogP contribution in [0.2, 0.25) is 0 Å². The Morgan fingerprint density at radius 1 is 0.913 bits per heavy atom. The number of nitrogens with zero attached hydrogens (tertiary/aromatic N) is 1. The largest absolute Gasteiger partial charge is 0.460 e. The van der Waals surface area contributed by atoms with Crippen molar-refractivity contribution in [1.29, 1.82) is 0 Å². The van der Waals surface area contributed by atoms with E-state index >= 15 is 0 Å². The smallest absolute Gasteiger partial charge is 0.320 e. The summed E-state index contributed by atoms with van der Waals surface area (Å²) in [6.07, 6.45) is 10.9. The summed E-state index contributed by atoms with van der Waals surface area (Å²) in [5.74, 6) is -0.177. The summed E-state index contributed by atoms with van der Waals surface area (Å²) in [4.78, 5) is 13.2. The van der Waals surface area contributed by atoms with Crippen molar-refractivity contribution in [2.75, 3.05) is 27.2 Å². The van der Waals surface area contributed by atoms with Gasteiger partial charge in [-0.15, -0.1) is 12.4 Å². The number of hydrogen-bond donors (Lipinski definition) is 0.